The van der Waals surface area contributed by atoms with Gasteiger partial charge in [0.1, 0.15) is 0 Å². The third kappa shape index (κ3) is 5.33. The number of hydrogen-bond acceptors (Lipinski definition) is 6. The van der Waals surface area contributed by atoms with Crippen LogP contribution >= 0.6 is 0 Å². The first-order valence-corrected chi connectivity index (χ1v) is 6.06. The van der Waals surface area contributed by atoms with E-state index in [2.05, 4.69) is 0 Å². The summed E-state index contributed by atoms with van der Waals surface area (Å²) in [6, 6.07) is -0.986. The molecule has 0 rings (SSSR count). The predicted octanol–water partition coefficient (Wildman–Crippen LogP) is -1.94. The van der Waals surface area contributed by atoms with Gasteiger partial charge in [-0.3, -0.25) is 9.59 Å². The molecule has 0 aromatic heterocycles. The Bertz CT molecular complexity index is 348. The highest BCUT2D eigenvalue weighted by Crippen LogP contribution is 2.15. The quantitative estimate of drug-likeness (QED) is 0.227. The zero-order valence-electron chi connectivity index (χ0n) is 10.8. The number of carbonyl (C=O) groups is 3. The Kier molecular flexibility index (Phi) is 7.20. The Morgan fingerprint density at radius 2 is 1.79 bits per heavy atom. The van der Waals surface area contributed by atoms with E-state index < -0.39 is 29.2 Å². The molecule has 1 amide bonds. The van der Waals surface area contributed by atoms with Gasteiger partial charge < -0.3 is 28.0 Å². The van der Waals surface area contributed by atoms with Crippen molar-refractivity contribution >= 4 is 17.7 Å². The first-order valence-electron chi connectivity index (χ1n) is 6.06. The van der Waals surface area contributed by atoms with Crippen molar-refractivity contribution in [2.75, 3.05) is 6.54 Å². The number of carboxylic acids is 1. The van der Waals surface area contributed by atoms with Crippen LogP contribution in [-0.4, -0.2) is 40.9 Å². The molecule has 0 saturated heterocycles. The number of rotatable bonds is 10. The SMILES string of the molecule is NCCCC[C@H](N)C(=O)[C@](N)(CCC(N)=O)C(=O)O. The Balaban J connectivity index is 4.72. The fourth-order valence-electron chi connectivity index (χ4n) is 1.63. The summed E-state index contributed by atoms with van der Waals surface area (Å²) in [7, 11) is 0. The maximum absolute atomic E-state index is 12.0. The van der Waals surface area contributed by atoms with Crippen molar-refractivity contribution in [1.29, 1.82) is 0 Å². The van der Waals surface area contributed by atoms with Gasteiger partial charge in [-0.25, -0.2) is 4.79 Å². The monoisotopic (exact) mass is 274 g/mol. The topological polar surface area (TPSA) is 176 Å². The van der Waals surface area contributed by atoms with E-state index in [9.17, 15) is 14.4 Å². The van der Waals surface area contributed by atoms with E-state index in [0.717, 1.165) is 0 Å². The van der Waals surface area contributed by atoms with Crippen LogP contribution in [0, 0.1) is 0 Å². The molecule has 9 N–H and O–H groups in total. The van der Waals surface area contributed by atoms with Gasteiger partial charge in [0.15, 0.2) is 11.3 Å². The molecule has 0 aromatic carbocycles. The molecule has 0 unspecified atom stereocenters. The van der Waals surface area contributed by atoms with Crippen molar-refractivity contribution in [3.8, 4) is 0 Å². The lowest BCUT2D eigenvalue weighted by Gasteiger charge is -2.25. The summed E-state index contributed by atoms with van der Waals surface area (Å²) < 4.78 is 0. The maximum atomic E-state index is 12.0. The van der Waals surface area contributed by atoms with Gasteiger partial charge in [0.2, 0.25) is 5.91 Å². The van der Waals surface area contributed by atoms with Gasteiger partial charge in [0.25, 0.3) is 0 Å². The normalized spacial score (nSPS) is 15.5. The standard InChI is InChI=1S/C11H22N4O4/c12-6-2-1-3-7(13)9(17)11(15,10(18)19)5-4-8(14)16/h7H,1-6,12-13,15H2,(H2,14,16)(H,18,19)/t7-,11+/m0/s1. The summed E-state index contributed by atoms with van der Waals surface area (Å²) in [6.45, 7) is 0.468. The van der Waals surface area contributed by atoms with Crippen molar-refractivity contribution in [2.45, 2.75) is 43.7 Å². The number of ketones is 1. The molecule has 8 heteroatoms. The molecule has 8 nitrogen and oxygen atoms in total. The van der Waals surface area contributed by atoms with Gasteiger partial charge in [-0.15, -0.1) is 0 Å². The van der Waals surface area contributed by atoms with Gasteiger partial charge in [0, 0.05) is 6.42 Å². The lowest BCUT2D eigenvalue weighted by molar-refractivity contribution is -0.149. The third-order valence-electron chi connectivity index (χ3n) is 2.89. The minimum absolute atomic E-state index is 0.288. The van der Waals surface area contributed by atoms with E-state index in [1.54, 1.807) is 0 Å². The highest BCUT2D eigenvalue weighted by Gasteiger charge is 2.44. The van der Waals surface area contributed by atoms with Crippen molar-refractivity contribution in [3.05, 3.63) is 0 Å². The molecule has 0 bridgehead atoms. The molecule has 0 saturated carbocycles. The molecule has 0 aromatic rings. The van der Waals surface area contributed by atoms with Gasteiger partial charge in [-0.1, -0.05) is 6.42 Å². The van der Waals surface area contributed by atoms with Gasteiger partial charge >= 0.3 is 5.97 Å². The molecule has 0 fully saturated rings. The number of Topliss-reactive ketones (excluding diaryl/α,β-unsaturated/α-hetero) is 1. The fraction of sp³-hybridized carbons (Fsp3) is 0.727. The third-order valence-corrected chi connectivity index (χ3v) is 2.89. The van der Waals surface area contributed by atoms with E-state index in [1.165, 1.54) is 0 Å². The highest BCUT2D eigenvalue weighted by atomic mass is 16.4. The molecule has 110 valence electrons. The van der Waals surface area contributed by atoms with Crippen LogP contribution in [0.4, 0.5) is 0 Å². The lowest BCUT2D eigenvalue weighted by atomic mass is 9.84. The van der Waals surface area contributed by atoms with Gasteiger partial charge in [-0.2, -0.15) is 0 Å². The van der Waals surface area contributed by atoms with E-state index >= 15 is 0 Å². The zero-order valence-corrected chi connectivity index (χ0v) is 10.8. The molecule has 0 radical (unpaired) electrons. The molecule has 0 aliphatic rings. The summed E-state index contributed by atoms with van der Waals surface area (Å²) >= 11 is 0. The number of carbonyl (C=O) groups excluding carboxylic acids is 2. The average molecular weight is 274 g/mol. The van der Waals surface area contributed by atoms with Crippen LogP contribution in [0.1, 0.15) is 32.1 Å². The molecule has 0 aliphatic carbocycles. The fourth-order valence-corrected chi connectivity index (χ4v) is 1.63. The first-order chi connectivity index (χ1) is 8.75. The zero-order chi connectivity index (χ0) is 15.1. The van der Waals surface area contributed by atoms with Crippen LogP contribution in [0.3, 0.4) is 0 Å². The molecular weight excluding hydrogens is 252 g/mol. The Hall–Kier alpha value is -1.51. The van der Waals surface area contributed by atoms with Crippen molar-refractivity contribution in [2.24, 2.45) is 22.9 Å². The van der Waals surface area contributed by atoms with E-state index in [0.29, 0.717) is 25.8 Å². The summed E-state index contributed by atoms with van der Waals surface area (Å²) in [4.78, 5) is 33.8. The summed E-state index contributed by atoms with van der Waals surface area (Å²) in [5, 5.41) is 9.06. The number of carboxylic acid groups (broad SMARTS) is 1. The minimum Gasteiger partial charge on any atom is -0.480 e. The average Bonchev–Trinajstić information content (AvgIpc) is 2.34. The highest BCUT2D eigenvalue weighted by molar-refractivity contribution is 6.10. The van der Waals surface area contributed by atoms with Crippen LogP contribution in [0.15, 0.2) is 0 Å². The summed E-state index contributed by atoms with van der Waals surface area (Å²) in [5.74, 6) is -3.02. The van der Waals surface area contributed by atoms with Crippen LogP contribution in [0.25, 0.3) is 0 Å². The Morgan fingerprint density at radius 3 is 2.21 bits per heavy atom. The molecule has 0 aliphatic heterocycles. The lowest BCUT2D eigenvalue weighted by Crippen LogP contribution is -2.60. The smallest absolute Gasteiger partial charge is 0.331 e. The van der Waals surface area contributed by atoms with Crippen LogP contribution < -0.4 is 22.9 Å². The van der Waals surface area contributed by atoms with E-state index in [4.69, 9.17) is 28.0 Å². The second-order valence-electron chi connectivity index (χ2n) is 4.50. The van der Waals surface area contributed by atoms with Gasteiger partial charge in [0.05, 0.1) is 6.04 Å². The second kappa shape index (κ2) is 7.82. The number of amides is 1. The number of aliphatic carboxylic acids is 1. The molecule has 0 spiro atoms. The molecule has 2 atom stereocenters. The predicted molar refractivity (Wildman–Crippen MR) is 68.9 cm³/mol. The minimum atomic E-state index is -2.17. The molecule has 0 heterocycles. The molecule has 19 heavy (non-hydrogen) atoms. The largest absolute Gasteiger partial charge is 0.480 e. The Labute approximate surface area is 111 Å². The second-order valence-corrected chi connectivity index (χ2v) is 4.50. The first kappa shape index (κ1) is 17.5. The Morgan fingerprint density at radius 1 is 1.21 bits per heavy atom. The number of nitrogens with two attached hydrogens (primary N) is 4. The van der Waals surface area contributed by atoms with Crippen LogP contribution in [0.2, 0.25) is 0 Å². The van der Waals surface area contributed by atoms with Gasteiger partial charge in [-0.05, 0) is 25.8 Å². The van der Waals surface area contributed by atoms with E-state index in [1.807, 2.05) is 0 Å². The van der Waals surface area contributed by atoms with Crippen molar-refractivity contribution < 1.29 is 19.5 Å². The van der Waals surface area contributed by atoms with Crippen molar-refractivity contribution in [3.63, 3.8) is 0 Å². The number of unbranched alkanes of at least 4 members (excludes halogenated alkanes) is 1. The summed E-state index contributed by atoms with van der Waals surface area (Å²) in [5.41, 5.74) is 19.3. The van der Waals surface area contributed by atoms with Crippen LogP contribution in [0.5, 0.6) is 0 Å². The molecular formula is C11H22N4O4. The maximum Gasteiger partial charge on any atom is 0.331 e. The number of hydrogen-bond donors (Lipinski definition) is 5. The number of primary amides is 1. The summed E-state index contributed by atoms with van der Waals surface area (Å²) in [6.07, 6.45) is 0.950. The van der Waals surface area contributed by atoms with Crippen LogP contribution in [-0.2, 0) is 14.4 Å². The van der Waals surface area contributed by atoms with E-state index in [-0.39, 0.29) is 12.8 Å². The van der Waals surface area contributed by atoms with Crippen molar-refractivity contribution in [1.82, 2.24) is 0 Å².